The van der Waals surface area contributed by atoms with Gasteiger partial charge in [-0.15, -0.1) is 12.4 Å². The summed E-state index contributed by atoms with van der Waals surface area (Å²) in [5.74, 6) is 1.10. The number of hydrogen-bond donors (Lipinski definition) is 1. The van der Waals surface area contributed by atoms with E-state index in [1.54, 1.807) is 0 Å². The van der Waals surface area contributed by atoms with Gasteiger partial charge in [-0.1, -0.05) is 30.3 Å². The summed E-state index contributed by atoms with van der Waals surface area (Å²) < 4.78 is 6.18. The zero-order chi connectivity index (χ0) is 15.9. The van der Waals surface area contributed by atoms with Crippen molar-refractivity contribution in [1.29, 1.82) is 0 Å². The molecule has 0 saturated carbocycles. The van der Waals surface area contributed by atoms with Crippen LogP contribution in [0.5, 0.6) is 5.75 Å². The summed E-state index contributed by atoms with van der Waals surface area (Å²) in [6.07, 6.45) is 0.981. The summed E-state index contributed by atoms with van der Waals surface area (Å²) in [5.41, 5.74) is 7.73. The fourth-order valence-corrected chi connectivity index (χ4v) is 3.33. The first-order valence-electron chi connectivity index (χ1n) is 7.98. The van der Waals surface area contributed by atoms with Gasteiger partial charge < -0.3 is 10.1 Å². The predicted molar refractivity (Wildman–Crippen MR) is 100 cm³/mol. The zero-order valence-corrected chi connectivity index (χ0v) is 15.4. The molecule has 2 aromatic rings. The molecule has 1 aliphatic rings. The fourth-order valence-electron chi connectivity index (χ4n) is 3.33. The van der Waals surface area contributed by atoms with E-state index in [2.05, 4.69) is 70.3 Å². The van der Waals surface area contributed by atoms with Crippen LogP contribution in [-0.2, 0) is 13.0 Å². The molecule has 23 heavy (non-hydrogen) atoms. The predicted octanol–water partition coefficient (Wildman–Crippen LogP) is 5.36. The summed E-state index contributed by atoms with van der Waals surface area (Å²) in [5, 5.41) is 3.64. The normalized spacial score (nSPS) is 14.7. The molecular weight excluding hydrogens is 306 g/mol. The average molecular weight is 332 g/mol. The Morgan fingerprint density at radius 2 is 1.65 bits per heavy atom. The molecule has 0 bridgehead atoms. The van der Waals surface area contributed by atoms with E-state index < -0.39 is 0 Å². The summed E-state index contributed by atoms with van der Waals surface area (Å²) in [7, 11) is 0. The molecule has 3 rings (SSSR count). The minimum absolute atomic E-state index is 0. The second kappa shape index (κ2) is 6.45. The number of hydrogen-bond acceptors (Lipinski definition) is 2. The zero-order valence-electron chi connectivity index (χ0n) is 14.6. The monoisotopic (exact) mass is 331 g/mol. The number of halogens is 1. The molecule has 2 aromatic carbocycles. The Balaban J connectivity index is 0.00000192. The third-order valence-corrected chi connectivity index (χ3v) is 4.67. The Bertz CT molecular complexity index is 708. The minimum Gasteiger partial charge on any atom is -0.487 e. The van der Waals surface area contributed by atoms with Crippen LogP contribution >= 0.6 is 12.4 Å². The maximum atomic E-state index is 6.18. The van der Waals surface area contributed by atoms with E-state index in [-0.39, 0.29) is 18.0 Å². The highest BCUT2D eigenvalue weighted by Crippen LogP contribution is 2.44. The summed E-state index contributed by atoms with van der Waals surface area (Å²) >= 11 is 0. The highest BCUT2D eigenvalue weighted by molar-refractivity contribution is 5.85. The lowest BCUT2D eigenvalue weighted by molar-refractivity contribution is 0.137. The van der Waals surface area contributed by atoms with Gasteiger partial charge in [0.05, 0.1) is 0 Å². The highest BCUT2D eigenvalue weighted by Gasteiger charge is 2.34. The van der Waals surface area contributed by atoms with E-state index >= 15 is 0 Å². The van der Waals surface area contributed by atoms with Crippen molar-refractivity contribution in [3.63, 3.8) is 0 Å². The molecule has 0 amide bonds. The molecule has 1 N–H and O–H groups in total. The van der Waals surface area contributed by atoms with Crippen LogP contribution in [0.2, 0.25) is 0 Å². The van der Waals surface area contributed by atoms with Crippen LogP contribution in [0.15, 0.2) is 30.3 Å². The van der Waals surface area contributed by atoms with Gasteiger partial charge in [0.1, 0.15) is 11.4 Å². The Morgan fingerprint density at radius 3 is 2.30 bits per heavy atom. The number of ether oxygens (including phenoxy) is 1. The van der Waals surface area contributed by atoms with Crippen molar-refractivity contribution in [2.75, 3.05) is 5.32 Å². The van der Waals surface area contributed by atoms with E-state index in [4.69, 9.17) is 4.74 Å². The summed E-state index contributed by atoms with van der Waals surface area (Å²) in [6, 6.07) is 10.5. The van der Waals surface area contributed by atoms with E-state index in [0.717, 1.165) is 18.7 Å². The van der Waals surface area contributed by atoms with Gasteiger partial charge >= 0.3 is 0 Å². The Hall–Kier alpha value is -1.67. The highest BCUT2D eigenvalue weighted by atomic mass is 35.5. The van der Waals surface area contributed by atoms with E-state index in [1.165, 1.54) is 33.5 Å². The number of fused-ring (bicyclic) bond motifs is 1. The number of anilines is 1. The smallest absolute Gasteiger partial charge is 0.127 e. The lowest BCUT2D eigenvalue weighted by Crippen LogP contribution is -2.24. The first kappa shape index (κ1) is 17.7. The molecule has 1 aliphatic heterocycles. The second-order valence-electron chi connectivity index (χ2n) is 6.94. The molecule has 0 unspecified atom stereocenters. The third-order valence-electron chi connectivity index (χ3n) is 4.67. The van der Waals surface area contributed by atoms with Crippen molar-refractivity contribution < 1.29 is 4.74 Å². The molecule has 2 nitrogen and oxygen atoms in total. The van der Waals surface area contributed by atoms with Crippen LogP contribution in [0.4, 0.5) is 5.69 Å². The van der Waals surface area contributed by atoms with Crippen molar-refractivity contribution in [3.05, 3.63) is 58.1 Å². The summed E-state index contributed by atoms with van der Waals surface area (Å²) in [4.78, 5) is 0. The largest absolute Gasteiger partial charge is 0.487 e. The molecule has 0 aliphatic carbocycles. The topological polar surface area (TPSA) is 21.3 Å². The molecule has 0 radical (unpaired) electrons. The molecule has 0 aromatic heterocycles. The van der Waals surface area contributed by atoms with Gasteiger partial charge in [0.2, 0.25) is 0 Å². The van der Waals surface area contributed by atoms with Gasteiger partial charge in [-0.3, -0.25) is 0 Å². The lowest BCUT2D eigenvalue weighted by atomic mass is 9.92. The van der Waals surface area contributed by atoms with Crippen molar-refractivity contribution in [1.82, 2.24) is 0 Å². The van der Waals surface area contributed by atoms with Gasteiger partial charge in [-0.2, -0.15) is 0 Å². The molecular formula is C20H26ClNO. The SMILES string of the molecule is Cc1c(C)c2c(c(C)c1NCc1ccccc1)CC(C)(C)O2.Cl. The quantitative estimate of drug-likeness (QED) is 0.817. The molecule has 0 saturated heterocycles. The van der Waals surface area contributed by atoms with Crippen molar-refractivity contribution >= 4 is 18.1 Å². The Morgan fingerprint density at radius 1 is 1.00 bits per heavy atom. The van der Waals surface area contributed by atoms with Gasteiger partial charge in [0.25, 0.3) is 0 Å². The van der Waals surface area contributed by atoms with Crippen LogP contribution in [0.3, 0.4) is 0 Å². The third kappa shape index (κ3) is 3.32. The molecule has 124 valence electrons. The standard InChI is InChI=1S/C20H25NO.ClH/c1-13-14(2)19-17(11-20(4,5)22-19)15(3)18(13)21-12-16-9-7-6-8-10-16;/h6-10,21H,11-12H2,1-5H3;1H. The molecule has 0 spiro atoms. The lowest BCUT2D eigenvalue weighted by Gasteiger charge is -2.19. The van der Waals surface area contributed by atoms with Crippen LogP contribution < -0.4 is 10.1 Å². The number of benzene rings is 2. The maximum Gasteiger partial charge on any atom is 0.127 e. The van der Waals surface area contributed by atoms with Crippen LogP contribution in [0, 0.1) is 20.8 Å². The average Bonchev–Trinajstić information content (AvgIpc) is 2.82. The van der Waals surface area contributed by atoms with Gasteiger partial charge in [0.15, 0.2) is 0 Å². The van der Waals surface area contributed by atoms with Crippen molar-refractivity contribution in [2.45, 2.75) is 53.2 Å². The number of nitrogens with one attached hydrogen (secondary N) is 1. The van der Waals surface area contributed by atoms with E-state index in [0.29, 0.717) is 0 Å². The molecule has 1 heterocycles. The minimum atomic E-state index is -0.0949. The van der Waals surface area contributed by atoms with Crippen molar-refractivity contribution in [3.8, 4) is 5.75 Å². The molecule has 3 heteroatoms. The van der Waals surface area contributed by atoms with E-state index in [1.807, 2.05) is 0 Å². The first-order valence-corrected chi connectivity index (χ1v) is 7.98. The van der Waals surface area contributed by atoms with Gasteiger partial charge in [0, 0.05) is 24.2 Å². The molecule has 0 fully saturated rings. The van der Waals surface area contributed by atoms with Crippen LogP contribution in [-0.4, -0.2) is 5.60 Å². The maximum absolute atomic E-state index is 6.18. The van der Waals surface area contributed by atoms with Gasteiger partial charge in [-0.05, 0) is 56.9 Å². The van der Waals surface area contributed by atoms with E-state index in [9.17, 15) is 0 Å². The van der Waals surface area contributed by atoms with Gasteiger partial charge in [-0.25, -0.2) is 0 Å². The van der Waals surface area contributed by atoms with Crippen molar-refractivity contribution in [2.24, 2.45) is 0 Å². The van der Waals surface area contributed by atoms with Crippen LogP contribution in [0.1, 0.15) is 41.7 Å². The number of rotatable bonds is 3. The Labute approximate surface area is 145 Å². The van der Waals surface area contributed by atoms with Crippen LogP contribution in [0.25, 0.3) is 0 Å². The molecule has 0 atom stereocenters. The Kier molecular flexibility index (Phi) is 4.95. The first-order chi connectivity index (χ1) is 10.4. The summed E-state index contributed by atoms with van der Waals surface area (Å²) in [6.45, 7) is 11.7. The second-order valence-corrected chi connectivity index (χ2v) is 6.94. The fraction of sp³-hybridized carbons (Fsp3) is 0.400.